The molecule has 0 aliphatic carbocycles. The molecule has 2 aromatic carbocycles. The number of nitrogens with zero attached hydrogens (tertiary/aromatic N) is 2. The van der Waals surface area contributed by atoms with Crippen LogP contribution in [0.4, 0.5) is 4.39 Å². The van der Waals surface area contributed by atoms with Crippen LogP contribution in [0.15, 0.2) is 48.5 Å². The number of amides is 1. The highest BCUT2D eigenvalue weighted by Crippen LogP contribution is 2.22. The zero-order valence-electron chi connectivity index (χ0n) is 14.0. The molecule has 0 heterocycles. The van der Waals surface area contributed by atoms with E-state index in [9.17, 15) is 9.18 Å². The Morgan fingerprint density at radius 3 is 2.46 bits per heavy atom. The van der Waals surface area contributed by atoms with Crippen molar-refractivity contribution in [1.82, 2.24) is 4.90 Å². The zero-order valence-corrected chi connectivity index (χ0v) is 14.0. The van der Waals surface area contributed by atoms with Crippen molar-refractivity contribution in [1.29, 1.82) is 5.26 Å². The van der Waals surface area contributed by atoms with E-state index in [1.807, 2.05) is 26.0 Å². The maximum absolute atomic E-state index is 13.7. The average Bonchev–Trinajstić information content (AvgIpc) is 2.61. The van der Waals surface area contributed by atoms with Crippen LogP contribution in [0, 0.1) is 17.1 Å². The summed E-state index contributed by atoms with van der Waals surface area (Å²) in [7, 11) is 0. The number of carbonyl (C=O) groups excluding carboxylic acids is 1. The SMILES string of the molecule is CCN(C(=O)CCc1ccccc1F)C(C)c1ccc(C#N)cc1. The first-order valence-corrected chi connectivity index (χ1v) is 8.09. The van der Waals surface area contributed by atoms with E-state index in [1.165, 1.54) is 6.07 Å². The highest BCUT2D eigenvalue weighted by molar-refractivity contribution is 5.77. The van der Waals surface area contributed by atoms with Gasteiger partial charge in [-0.1, -0.05) is 30.3 Å². The van der Waals surface area contributed by atoms with Crippen molar-refractivity contribution >= 4 is 5.91 Å². The molecule has 0 radical (unpaired) electrons. The van der Waals surface area contributed by atoms with E-state index in [0.29, 0.717) is 24.1 Å². The molecule has 124 valence electrons. The molecule has 0 fully saturated rings. The van der Waals surface area contributed by atoms with Gasteiger partial charge in [-0.2, -0.15) is 5.26 Å². The summed E-state index contributed by atoms with van der Waals surface area (Å²) in [5.41, 5.74) is 2.14. The Balaban J connectivity index is 2.04. The molecule has 2 rings (SSSR count). The molecular formula is C20H21FN2O. The molecule has 1 atom stereocenters. The predicted octanol–water partition coefficient (Wildman–Crippen LogP) is 4.24. The number of rotatable bonds is 6. The van der Waals surface area contributed by atoms with Gasteiger partial charge in [-0.25, -0.2) is 4.39 Å². The number of halogens is 1. The summed E-state index contributed by atoms with van der Waals surface area (Å²) in [6.07, 6.45) is 0.664. The van der Waals surface area contributed by atoms with Gasteiger partial charge in [0.2, 0.25) is 5.91 Å². The fourth-order valence-corrected chi connectivity index (χ4v) is 2.77. The maximum atomic E-state index is 13.7. The Labute approximate surface area is 142 Å². The third-order valence-electron chi connectivity index (χ3n) is 4.22. The molecule has 24 heavy (non-hydrogen) atoms. The summed E-state index contributed by atoms with van der Waals surface area (Å²) < 4.78 is 13.7. The van der Waals surface area contributed by atoms with Gasteiger partial charge in [-0.3, -0.25) is 4.79 Å². The minimum Gasteiger partial charge on any atom is -0.336 e. The minimum atomic E-state index is -0.270. The quantitative estimate of drug-likeness (QED) is 0.798. The lowest BCUT2D eigenvalue weighted by molar-refractivity contribution is -0.133. The molecule has 4 heteroatoms. The van der Waals surface area contributed by atoms with Crippen molar-refractivity contribution in [2.24, 2.45) is 0 Å². The van der Waals surface area contributed by atoms with Gasteiger partial charge >= 0.3 is 0 Å². The molecule has 2 aromatic rings. The average molecular weight is 324 g/mol. The fourth-order valence-electron chi connectivity index (χ4n) is 2.77. The highest BCUT2D eigenvalue weighted by Gasteiger charge is 2.20. The van der Waals surface area contributed by atoms with E-state index in [1.54, 1.807) is 35.2 Å². The van der Waals surface area contributed by atoms with Crippen molar-refractivity contribution in [3.8, 4) is 6.07 Å². The third-order valence-corrected chi connectivity index (χ3v) is 4.22. The molecule has 0 bridgehead atoms. The van der Waals surface area contributed by atoms with Gasteiger partial charge in [0.15, 0.2) is 0 Å². The second kappa shape index (κ2) is 8.26. The maximum Gasteiger partial charge on any atom is 0.223 e. The first-order chi connectivity index (χ1) is 11.6. The lowest BCUT2D eigenvalue weighted by Gasteiger charge is -2.28. The molecule has 0 aromatic heterocycles. The van der Waals surface area contributed by atoms with Crippen molar-refractivity contribution in [3.05, 3.63) is 71.0 Å². The summed E-state index contributed by atoms with van der Waals surface area (Å²) in [6, 6.07) is 15.8. The molecule has 1 unspecified atom stereocenters. The normalized spacial score (nSPS) is 11.6. The van der Waals surface area contributed by atoms with E-state index in [-0.39, 0.29) is 24.2 Å². The molecule has 0 saturated heterocycles. The highest BCUT2D eigenvalue weighted by atomic mass is 19.1. The Kier molecular flexibility index (Phi) is 6.08. The van der Waals surface area contributed by atoms with Crippen LogP contribution < -0.4 is 0 Å². The Bertz CT molecular complexity index is 734. The van der Waals surface area contributed by atoms with Crippen LogP contribution in [0.1, 0.15) is 43.0 Å². The summed E-state index contributed by atoms with van der Waals surface area (Å²) in [4.78, 5) is 14.3. The van der Waals surface area contributed by atoms with Crippen LogP contribution in [0.25, 0.3) is 0 Å². The minimum absolute atomic E-state index is 0.00221. The second-order valence-electron chi connectivity index (χ2n) is 5.68. The first-order valence-electron chi connectivity index (χ1n) is 8.09. The smallest absolute Gasteiger partial charge is 0.223 e. The molecule has 0 aliphatic heterocycles. The number of hydrogen-bond acceptors (Lipinski definition) is 2. The van der Waals surface area contributed by atoms with Gasteiger partial charge in [0.25, 0.3) is 0 Å². The third kappa shape index (κ3) is 4.20. The van der Waals surface area contributed by atoms with E-state index in [4.69, 9.17) is 5.26 Å². The Hall–Kier alpha value is -2.67. The molecule has 0 spiro atoms. The lowest BCUT2D eigenvalue weighted by atomic mass is 10.0. The van der Waals surface area contributed by atoms with Crippen LogP contribution in [0.5, 0.6) is 0 Å². The molecule has 0 aliphatic rings. The van der Waals surface area contributed by atoms with Gasteiger partial charge in [-0.05, 0) is 49.6 Å². The van der Waals surface area contributed by atoms with Gasteiger partial charge in [0.05, 0.1) is 17.7 Å². The van der Waals surface area contributed by atoms with Crippen LogP contribution >= 0.6 is 0 Å². The van der Waals surface area contributed by atoms with E-state index in [2.05, 4.69) is 6.07 Å². The standard InChI is InChI=1S/C20H21FN2O/c1-3-23(15(2)17-10-8-16(14-22)9-11-17)20(24)13-12-18-6-4-5-7-19(18)21/h4-11,15H,3,12-13H2,1-2H3. The summed E-state index contributed by atoms with van der Waals surface area (Å²) in [5.74, 6) is -0.272. The summed E-state index contributed by atoms with van der Waals surface area (Å²) in [5, 5.41) is 8.87. The van der Waals surface area contributed by atoms with Crippen molar-refractivity contribution in [2.45, 2.75) is 32.7 Å². The molecular weight excluding hydrogens is 303 g/mol. The van der Waals surface area contributed by atoms with Gasteiger partial charge < -0.3 is 4.90 Å². The lowest BCUT2D eigenvalue weighted by Crippen LogP contribution is -2.33. The van der Waals surface area contributed by atoms with E-state index in [0.717, 1.165) is 5.56 Å². The second-order valence-corrected chi connectivity index (χ2v) is 5.68. The first kappa shape index (κ1) is 17.7. The van der Waals surface area contributed by atoms with Crippen LogP contribution in [0.3, 0.4) is 0 Å². The number of aryl methyl sites for hydroxylation is 1. The predicted molar refractivity (Wildman–Crippen MR) is 91.7 cm³/mol. The van der Waals surface area contributed by atoms with Crippen molar-refractivity contribution < 1.29 is 9.18 Å². The van der Waals surface area contributed by atoms with Crippen LogP contribution in [-0.4, -0.2) is 17.4 Å². The summed E-state index contributed by atoms with van der Waals surface area (Å²) >= 11 is 0. The molecule has 1 amide bonds. The molecule has 3 nitrogen and oxygen atoms in total. The summed E-state index contributed by atoms with van der Waals surface area (Å²) in [6.45, 7) is 4.48. The van der Waals surface area contributed by atoms with Crippen molar-refractivity contribution in [3.63, 3.8) is 0 Å². The molecule has 0 N–H and O–H groups in total. The van der Waals surface area contributed by atoms with Gasteiger partial charge in [0.1, 0.15) is 5.82 Å². The van der Waals surface area contributed by atoms with Gasteiger partial charge in [0, 0.05) is 13.0 Å². The van der Waals surface area contributed by atoms with Gasteiger partial charge in [-0.15, -0.1) is 0 Å². The molecule has 0 saturated carbocycles. The number of carbonyl (C=O) groups is 1. The van der Waals surface area contributed by atoms with E-state index < -0.39 is 0 Å². The zero-order chi connectivity index (χ0) is 17.5. The number of benzene rings is 2. The van der Waals surface area contributed by atoms with E-state index >= 15 is 0 Å². The largest absolute Gasteiger partial charge is 0.336 e. The van der Waals surface area contributed by atoms with Crippen molar-refractivity contribution in [2.75, 3.05) is 6.54 Å². The Morgan fingerprint density at radius 2 is 1.88 bits per heavy atom. The topological polar surface area (TPSA) is 44.1 Å². The fraction of sp³-hybridized carbons (Fsp3) is 0.300. The number of nitriles is 1. The Morgan fingerprint density at radius 1 is 1.21 bits per heavy atom. The van der Waals surface area contributed by atoms with Crippen LogP contribution in [0.2, 0.25) is 0 Å². The number of hydrogen-bond donors (Lipinski definition) is 0. The monoisotopic (exact) mass is 324 g/mol. The van der Waals surface area contributed by atoms with Crippen LogP contribution in [-0.2, 0) is 11.2 Å².